The summed E-state index contributed by atoms with van der Waals surface area (Å²) in [4.78, 5) is 13.7. The Morgan fingerprint density at radius 1 is 1.42 bits per heavy atom. The number of hydrogen-bond donors (Lipinski definition) is 2. The van der Waals surface area contributed by atoms with E-state index < -0.39 is 0 Å². The zero-order valence-corrected chi connectivity index (χ0v) is 11.6. The van der Waals surface area contributed by atoms with Crippen molar-refractivity contribution in [2.24, 2.45) is 5.84 Å². The molecule has 0 amide bonds. The van der Waals surface area contributed by atoms with Crippen LogP contribution >= 0.6 is 0 Å². The molecule has 2 aliphatic heterocycles. The number of aromatic nitrogens is 2. The lowest BCUT2D eigenvalue weighted by Gasteiger charge is -2.43. The van der Waals surface area contributed by atoms with Gasteiger partial charge in [-0.1, -0.05) is 0 Å². The molecule has 3 heterocycles. The number of aryl methyl sites for hydroxylation is 1. The second-order valence-electron chi connectivity index (χ2n) is 5.64. The molecule has 1 aromatic rings. The van der Waals surface area contributed by atoms with Gasteiger partial charge in [0.2, 0.25) is 5.95 Å². The van der Waals surface area contributed by atoms with Gasteiger partial charge in [-0.25, -0.2) is 10.8 Å². The molecule has 0 aliphatic carbocycles. The lowest BCUT2D eigenvalue weighted by Crippen LogP contribution is -2.55. The molecule has 0 spiro atoms. The second kappa shape index (κ2) is 4.94. The minimum Gasteiger partial charge on any atom is -0.351 e. The van der Waals surface area contributed by atoms with Crippen LogP contribution in [0.2, 0.25) is 0 Å². The number of hydrazine groups is 1. The van der Waals surface area contributed by atoms with E-state index >= 15 is 0 Å². The van der Waals surface area contributed by atoms with Crippen LogP contribution in [0.3, 0.4) is 0 Å². The fraction of sp³-hybridized carbons (Fsp3) is 0.692. The van der Waals surface area contributed by atoms with Gasteiger partial charge in [0.15, 0.2) is 0 Å². The van der Waals surface area contributed by atoms with E-state index in [1.165, 1.54) is 19.4 Å². The van der Waals surface area contributed by atoms with Crippen molar-refractivity contribution in [1.82, 2.24) is 14.9 Å². The highest BCUT2D eigenvalue weighted by Crippen LogP contribution is 2.29. The average Bonchev–Trinajstić information content (AvgIpc) is 2.85. The predicted molar refractivity (Wildman–Crippen MR) is 76.0 cm³/mol. The molecule has 6 nitrogen and oxygen atoms in total. The van der Waals surface area contributed by atoms with E-state index in [0.717, 1.165) is 24.5 Å². The third-order valence-electron chi connectivity index (χ3n) is 4.28. The van der Waals surface area contributed by atoms with Gasteiger partial charge in [-0.05, 0) is 33.2 Å². The first-order valence-electron chi connectivity index (χ1n) is 7.00. The molecule has 3 N–H and O–H groups in total. The summed E-state index contributed by atoms with van der Waals surface area (Å²) < 4.78 is 0. The molecule has 2 atom stereocenters. The molecule has 0 radical (unpaired) electrons. The van der Waals surface area contributed by atoms with E-state index in [4.69, 9.17) is 5.84 Å². The van der Waals surface area contributed by atoms with Gasteiger partial charge < -0.3 is 4.90 Å². The molecule has 0 aromatic carbocycles. The van der Waals surface area contributed by atoms with E-state index in [1.54, 1.807) is 0 Å². The summed E-state index contributed by atoms with van der Waals surface area (Å²) >= 11 is 0. The molecule has 19 heavy (non-hydrogen) atoms. The van der Waals surface area contributed by atoms with Gasteiger partial charge in [-0.15, -0.1) is 0 Å². The zero-order chi connectivity index (χ0) is 13.4. The van der Waals surface area contributed by atoms with Crippen LogP contribution in [0.15, 0.2) is 6.20 Å². The fourth-order valence-corrected chi connectivity index (χ4v) is 3.28. The first kappa shape index (κ1) is 12.6. The van der Waals surface area contributed by atoms with Crippen LogP contribution in [-0.2, 0) is 0 Å². The van der Waals surface area contributed by atoms with E-state index in [9.17, 15) is 0 Å². The van der Waals surface area contributed by atoms with Gasteiger partial charge in [-0.3, -0.25) is 10.3 Å². The highest BCUT2D eigenvalue weighted by Gasteiger charge is 2.35. The fourth-order valence-electron chi connectivity index (χ4n) is 3.28. The third kappa shape index (κ3) is 2.26. The van der Waals surface area contributed by atoms with Crippen molar-refractivity contribution in [3.8, 4) is 0 Å². The van der Waals surface area contributed by atoms with E-state index in [1.807, 2.05) is 6.20 Å². The normalized spacial score (nSPS) is 27.4. The number of nitrogens with zero attached hydrogens (tertiary/aromatic N) is 4. The van der Waals surface area contributed by atoms with Gasteiger partial charge >= 0.3 is 0 Å². The number of fused-ring (bicyclic) bond motifs is 1. The standard InChI is InChI=1S/C13H22N6/c1-9-6-15-13(17-14)16-12(9)19-8-11-4-3-5-18(11)7-10(19)2/h6,10-11H,3-5,7-8,14H2,1-2H3,(H,15,16,17). The average molecular weight is 262 g/mol. The maximum absolute atomic E-state index is 5.42. The van der Waals surface area contributed by atoms with Crippen molar-refractivity contribution in [3.63, 3.8) is 0 Å². The zero-order valence-electron chi connectivity index (χ0n) is 11.6. The van der Waals surface area contributed by atoms with Gasteiger partial charge in [-0.2, -0.15) is 4.98 Å². The maximum atomic E-state index is 5.42. The lowest BCUT2D eigenvalue weighted by molar-refractivity contribution is 0.202. The van der Waals surface area contributed by atoms with Crippen molar-refractivity contribution < 1.29 is 0 Å². The van der Waals surface area contributed by atoms with Gasteiger partial charge in [0.05, 0.1) is 0 Å². The molecular weight excluding hydrogens is 240 g/mol. The molecule has 6 heteroatoms. The van der Waals surface area contributed by atoms with Crippen molar-refractivity contribution in [2.45, 2.75) is 38.8 Å². The second-order valence-corrected chi connectivity index (χ2v) is 5.64. The third-order valence-corrected chi connectivity index (χ3v) is 4.28. The van der Waals surface area contributed by atoms with Gasteiger partial charge in [0.1, 0.15) is 5.82 Å². The summed E-state index contributed by atoms with van der Waals surface area (Å²) in [5, 5.41) is 0. The highest BCUT2D eigenvalue weighted by atomic mass is 15.4. The summed E-state index contributed by atoms with van der Waals surface area (Å²) in [5.74, 6) is 6.92. The first-order valence-corrected chi connectivity index (χ1v) is 7.00. The molecule has 0 saturated carbocycles. The smallest absolute Gasteiger partial charge is 0.239 e. The Hall–Kier alpha value is -1.40. The number of piperazine rings is 1. The van der Waals surface area contributed by atoms with Crippen LogP contribution in [0.4, 0.5) is 11.8 Å². The Morgan fingerprint density at radius 3 is 3.05 bits per heavy atom. The number of hydrogen-bond acceptors (Lipinski definition) is 6. The highest BCUT2D eigenvalue weighted by molar-refractivity contribution is 5.50. The molecule has 1 aromatic heterocycles. The summed E-state index contributed by atoms with van der Waals surface area (Å²) in [6.45, 7) is 7.76. The Bertz CT molecular complexity index is 462. The molecular formula is C13H22N6. The van der Waals surface area contributed by atoms with E-state index in [-0.39, 0.29) is 0 Å². The summed E-state index contributed by atoms with van der Waals surface area (Å²) in [6.07, 6.45) is 4.46. The SMILES string of the molecule is Cc1cnc(NN)nc1N1CC2CCCN2CC1C. The van der Waals surface area contributed by atoms with Crippen LogP contribution < -0.4 is 16.2 Å². The number of nitrogens with two attached hydrogens (primary N) is 1. The molecule has 2 saturated heterocycles. The lowest BCUT2D eigenvalue weighted by atomic mass is 10.1. The number of anilines is 2. The van der Waals surface area contributed by atoms with Crippen LogP contribution in [0.5, 0.6) is 0 Å². The van der Waals surface area contributed by atoms with Crippen molar-refractivity contribution in [1.29, 1.82) is 0 Å². The van der Waals surface area contributed by atoms with Crippen molar-refractivity contribution in [3.05, 3.63) is 11.8 Å². The van der Waals surface area contributed by atoms with Crippen LogP contribution in [0.1, 0.15) is 25.3 Å². The summed E-state index contributed by atoms with van der Waals surface area (Å²) in [6, 6.07) is 1.16. The maximum Gasteiger partial charge on any atom is 0.239 e. The van der Waals surface area contributed by atoms with E-state index in [0.29, 0.717) is 18.0 Å². The largest absolute Gasteiger partial charge is 0.351 e. The Kier molecular flexibility index (Phi) is 3.28. The summed E-state index contributed by atoms with van der Waals surface area (Å²) in [7, 11) is 0. The van der Waals surface area contributed by atoms with E-state index in [2.05, 4.69) is 39.0 Å². The van der Waals surface area contributed by atoms with Gasteiger partial charge in [0, 0.05) is 36.9 Å². The molecule has 2 fully saturated rings. The molecule has 2 aliphatic rings. The van der Waals surface area contributed by atoms with Crippen LogP contribution in [0, 0.1) is 6.92 Å². The number of nitrogen functional groups attached to an aromatic ring is 1. The van der Waals surface area contributed by atoms with Gasteiger partial charge in [0.25, 0.3) is 0 Å². The predicted octanol–water partition coefficient (Wildman–Crippen LogP) is 0.744. The monoisotopic (exact) mass is 262 g/mol. The minimum atomic E-state index is 0.480. The Balaban J connectivity index is 1.88. The van der Waals surface area contributed by atoms with Crippen LogP contribution in [0.25, 0.3) is 0 Å². The quantitative estimate of drug-likeness (QED) is 0.605. The molecule has 104 valence electrons. The molecule has 3 rings (SSSR count). The van der Waals surface area contributed by atoms with Crippen LogP contribution in [-0.4, -0.2) is 46.6 Å². The van der Waals surface area contributed by atoms with Crippen molar-refractivity contribution in [2.75, 3.05) is 30.0 Å². The van der Waals surface area contributed by atoms with Crippen molar-refractivity contribution >= 4 is 11.8 Å². The minimum absolute atomic E-state index is 0.480. The number of nitrogens with one attached hydrogen (secondary N) is 1. The topological polar surface area (TPSA) is 70.3 Å². The molecule has 0 bridgehead atoms. The Labute approximate surface area is 114 Å². The Morgan fingerprint density at radius 2 is 2.26 bits per heavy atom. The number of rotatable bonds is 2. The first-order chi connectivity index (χ1) is 9.19. The summed E-state index contributed by atoms with van der Waals surface area (Å²) in [5.41, 5.74) is 3.64. The molecule has 2 unspecified atom stereocenters.